The fourth-order valence-corrected chi connectivity index (χ4v) is 3.54. The molecule has 1 aromatic carbocycles. The van der Waals surface area contributed by atoms with Crippen molar-refractivity contribution in [3.8, 4) is 0 Å². The first-order chi connectivity index (χ1) is 11.7. The normalized spacial score (nSPS) is 21.0. The lowest BCUT2D eigenvalue weighted by Crippen LogP contribution is -2.33. The molecule has 24 heavy (non-hydrogen) atoms. The molecule has 2 aliphatic heterocycles. The third kappa shape index (κ3) is 3.07. The van der Waals surface area contributed by atoms with E-state index in [9.17, 15) is 4.79 Å². The topological polar surface area (TPSA) is 67.4 Å². The molecule has 0 spiro atoms. The highest BCUT2D eigenvalue weighted by atomic mass is 16.2. The van der Waals surface area contributed by atoms with Gasteiger partial charge in [-0.1, -0.05) is 30.3 Å². The van der Waals surface area contributed by atoms with Gasteiger partial charge in [-0.05, 0) is 18.1 Å². The predicted octanol–water partition coefficient (Wildman–Crippen LogP) is 1.07. The number of fused-ring (bicyclic) bond motifs is 1. The van der Waals surface area contributed by atoms with E-state index < -0.39 is 0 Å². The van der Waals surface area contributed by atoms with E-state index in [0.29, 0.717) is 12.2 Å². The third-order valence-electron chi connectivity index (χ3n) is 4.86. The minimum atomic E-state index is 0.0134. The molecule has 1 aromatic heterocycles. The Morgan fingerprint density at radius 1 is 1.21 bits per heavy atom. The van der Waals surface area contributed by atoms with Crippen LogP contribution in [0.5, 0.6) is 0 Å². The Kier molecular flexibility index (Phi) is 4.08. The Balaban J connectivity index is 1.45. The summed E-state index contributed by atoms with van der Waals surface area (Å²) >= 11 is 0. The second-order valence-electron chi connectivity index (χ2n) is 6.74. The lowest BCUT2D eigenvalue weighted by Gasteiger charge is -2.27. The van der Waals surface area contributed by atoms with E-state index in [2.05, 4.69) is 34.3 Å². The summed E-state index contributed by atoms with van der Waals surface area (Å²) < 4.78 is 1.98. The van der Waals surface area contributed by atoms with Gasteiger partial charge in [0.1, 0.15) is 0 Å². The van der Waals surface area contributed by atoms with Crippen LogP contribution in [0.2, 0.25) is 0 Å². The molecule has 1 atom stereocenters. The molecule has 1 amide bonds. The number of carbonyl (C=O) groups excluding carboxylic acids is 1. The highest BCUT2D eigenvalue weighted by molar-refractivity contribution is 5.92. The van der Waals surface area contributed by atoms with Crippen molar-refractivity contribution >= 4 is 5.91 Å². The zero-order chi connectivity index (χ0) is 16.5. The Morgan fingerprint density at radius 3 is 2.79 bits per heavy atom. The lowest BCUT2D eigenvalue weighted by atomic mass is 10.2. The van der Waals surface area contributed by atoms with Crippen LogP contribution in [0.15, 0.2) is 36.4 Å². The van der Waals surface area contributed by atoms with Gasteiger partial charge in [0.2, 0.25) is 0 Å². The van der Waals surface area contributed by atoms with Gasteiger partial charge in [0, 0.05) is 38.8 Å². The minimum absolute atomic E-state index is 0.0134. The first-order valence-electron chi connectivity index (χ1n) is 8.57. The number of hydrogen-bond donors (Lipinski definition) is 1. The van der Waals surface area contributed by atoms with Gasteiger partial charge in [-0.15, -0.1) is 0 Å². The molecule has 0 saturated carbocycles. The van der Waals surface area contributed by atoms with Gasteiger partial charge in [-0.2, -0.15) is 5.10 Å². The van der Waals surface area contributed by atoms with Crippen LogP contribution in [0.25, 0.3) is 0 Å². The van der Waals surface area contributed by atoms with E-state index in [0.717, 1.165) is 44.8 Å². The number of likely N-dealkylation sites (tertiary alicyclic amines) is 1. The highest BCUT2D eigenvalue weighted by Gasteiger charge is 2.28. The second-order valence-corrected chi connectivity index (χ2v) is 6.74. The standard InChI is InChI=1S/C18H23N5O/c19-15-6-7-22(12-15)18(24)17-10-16-13-21(8-9-23(16)20-17)11-14-4-2-1-3-5-14/h1-5,10,15H,6-9,11-13,19H2/t15-/m0/s1. The first-order valence-corrected chi connectivity index (χ1v) is 8.57. The molecule has 0 radical (unpaired) electrons. The van der Waals surface area contributed by atoms with E-state index in [1.54, 1.807) is 0 Å². The van der Waals surface area contributed by atoms with Crippen molar-refractivity contribution in [2.45, 2.75) is 32.1 Å². The van der Waals surface area contributed by atoms with Crippen LogP contribution < -0.4 is 5.73 Å². The van der Waals surface area contributed by atoms with Crippen LogP contribution in [-0.4, -0.2) is 51.2 Å². The van der Waals surface area contributed by atoms with Crippen LogP contribution in [-0.2, 0) is 19.6 Å². The maximum Gasteiger partial charge on any atom is 0.274 e. The fraction of sp³-hybridized carbons (Fsp3) is 0.444. The average Bonchev–Trinajstić information content (AvgIpc) is 3.21. The zero-order valence-electron chi connectivity index (χ0n) is 13.8. The number of amides is 1. The van der Waals surface area contributed by atoms with Crippen molar-refractivity contribution in [3.63, 3.8) is 0 Å². The molecule has 0 aliphatic carbocycles. The van der Waals surface area contributed by atoms with E-state index in [1.165, 1.54) is 5.56 Å². The number of hydrogen-bond acceptors (Lipinski definition) is 4. The summed E-state index contributed by atoms with van der Waals surface area (Å²) in [4.78, 5) is 16.8. The molecular formula is C18H23N5O. The zero-order valence-corrected chi connectivity index (χ0v) is 13.8. The molecule has 2 N–H and O–H groups in total. The van der Waals surface area contributed by atoms with Crippen LogP contribution in [0.4, 0.5) is 0 Å². The minimum Gasteiger partial charge on any atom is -0.336 e. The molecule has 126 valence electrons. The summed E-state index contributed by atoms with van der Waals surface area (Å²) in [5.41, 5.74) is 8.89. The van der Waals surface area contributed by atoms with Crippen molar-refractivity contribution < 1.29 is 4.79 Å². The van der Waals surface area contributed by atoms with E-state index in [4.69, 9.17) is 5.73 Å². The molecule has 2 aliphatic rings. The molecule has 0 bridgehead atoms. The highest BCUT2D eigenvalue weighted by Crippen LogP contribution is 2.18. The van der Waals surface area contributed by atoms with Gasteiger partial charge in [0.15, 0.2) is 5.69 Å². The smallest absolute Gasteiger partial charge is 0.274 e. The summed E-state index contributed by atoms with van der Waals surface area (Å²) in [6, 6.07) is 12.5. The molecule has 6 heteroatoms. The maximum absolute atomic E-state index is 12.6. The average molecular weight is 325 g/mol. The largest absolute Gasteiger partial charge is 0.336 e. The van der Waals surface area contributed by atoms with Gasteiger partial charge in [0.05, 0.1) is 12.2 Å². The van der Waals surface area contributed by atoms with Crippen LogP contribution in [0, 0.1) is 0 Å². The van der Waals surface area contributed by atoms with Crippen LogP contribution in [0.3, 0.4) is 0 Å². The number of rotatable bonds is 3. The molecule has 1 saturated heterocycles. The third-order valence-corrected chi connectivity index (χ3v) is 4.86. The van der Waals surface area contributed by atoms with Crippen molar-refractivity contribution in [2.75, 3.05) is 19.6 Å². The number of nitrogens with two attached hydrogens (primary N) is 1. The van der Waals surface area contributed by atoms with Gasteiger partial charge in [-0.3, -0.25) is 14.4 Å². The van der Waals surface area contributed by atoms with E-state index in [1.807, 2.05) is 21.7 Å². The van der Waals surface area contributed by atoms with Crippen molar-refractivity contribution in [2.24, 2.45) is 5.73 Å². The maximum atomic E-state index is 12.6. The molecule has 2 aromatic rings. The summed E-state index contributed by atoms with van der Waals surface area (Å²) in [7, 11) is 0. The van der Waals surface area contributed by atoms with Crippen LogP contribution >= 0.6 is 0 Å². The summed E-state index contributed by atoms with van der Waals surface area (Å²) in [6.07, 6.45) is 0.879. The number of carbonyl (C=O) groups is 1. The number of nitrogens with zero attached hydrogens (tertiary/aromatic N) is 4. The van der Waals surface area contributed by atoms with Gasteiger partial charge >= 0.3 is 0 Å². The first kappa shape index (κ1) is 15.4. The molecule has 0 unspecified atom stereocenters. The van der Waals surface area contributed by atoms with E-state index >= 15 is 0 Å². The Hall–Kier alpha value is -2.18. The number of benzene rings is 1. The fourth-order valence-electron chi connectivity index (χ4n) is 3.54. The van der Waals surface area contributed by atoms with Gasteiger partial charge < -0.3 is 10.6 Å². The van der Waals surface area contributed by atoms with Gasteiger partial charge in [-0.25, -0.2) is 0 Å². The van der Waals surface area contributed by atoms with Gasteiger partial charge in [0.25, 0.3) is 5.91 Å². The summed E-state index contributed by atoms with van der Waals surface area (Å²) in [6.45, 7) is 4.91. The quantitative estimate of drug-likeness (QED) is 0.917. The Labute approximate surface area is 141 Å². The van der Waals surface area contributed by atoms with E-state index in [-0.39, 0.29) is 11.9 Å². The monoisotopic (exact) mass is 325 g/mol. The molecule has 1 fully saturated rings. The molecule has 3 heterocycles. The molecular weight excluding hydrogens is 302 g/mol. The van der Waals surface area contributed by atoms with Crippen molar-refractivity contribution in [1.82, 2.24) is 19.6 Å². The molecule has 4 rings (SSSR count). The SMILES string of the molecule is N[C@H]1CCN(C(=O)c2cc3n(n2)CCN(Cc2ccccc2)C3)C1. The second kappa shape index (κ2) is 6.37. The van der Waals surface area contributed by atoms with Crippen LogP contribution in [0.1, 0.15) is 28.2 Å². The summed E-state index contributed by atoms with van der Waals surface area (Å²) in [5, 5.41) is 4.52. The van der Waals surface area contributed by atoms with Crippen molar-refractivity contribution in [1.29, 1.82) is 0 Å². The predicted molar refractivity (Wildman–Crippen MR) is 91.3 cm³/mol. The molecule has 6 nitrogen and oxygen atoms in total. The summed E-state index contributed by atoms with van der Waals surface area (Å²) in [5.74, 6) is 0.0134. The Morgan fingerprint density at radius 2 is 2.04 bits per heavy atom. The number of aromatic nitrogens is 2. The lowest BCUT2D eigenvalue weighted by molar-refractivity contribution is 0.0784. The van der Waals surface area contributed by atoms with Crippen molar-refractivity contribution in [3.05, 3.63) is 53.3 Å². The Bertz CT molecular complexity index is 726.